The molecule has 156 valence electrons. The van der Waals surface area contributed by atoms with Crippen LogP contribution in [0.5, 0.6) is 5.75 Å². The summed E-state index contributed by atoms with van der Waals surface area (Å²) in [4.78, 5) is 12.8. The van der Waals surface area contributed by atoms with Crippen LogP contribution < -0.4 is 10.1 Å². The summed E-state index contributed by atoms with van der Waals surface area (Å²) in [7, 11) is 0. The number of carbonyl (C=O) groups is 1. The summed E-state index contributed by atoms with van der Waals surface area (Å²) in [6.07, 6.45) is 2.41. The molecule has 5 nitrogen and oxygen atoms in total. The van der Waals surface area contributed by atoms with Crippen molar-refractivity contribution < 1.29 is 9.53 Å². The molecule has 2 aromatic carbocycles. The molecule has 0 unspecified atom stereocenters. The molecule has 1 aliphatic heterocycles. The van der Waals surface area contributed by atoms with E-state index in [0.29, 0.717) is 13.0 Å². The zero-order valence-corrected chi connectivity index (χ0v) is 17.9. The molecule has 3 aromatic rings. The van der Waals surface area contributed by atoms with Gasteiger partial charge >= 0.3 is 0 Å². The van der Waals surface area contributed by atoms with E-state index in [1.54, 1.807) is 0 Å². The van der Waals surface area contributed by atoms with Crippen molar-refractivity contribution in [3.05, 3.63) is 82.2 Å². The van der Waals surface area contributed by atoms with Gasteiger partial charge < -0.3 is 10.1 Å². The van der Waals surface area contributed by atoms with Gasteiger partial charge in [0, 0.05) is 11.3 Å². The van der Waals surface area contributed by atoms with E-state index in [9.17, 15) is 4.79 Å². The summed E-state index contributed by atoms with van der Waals surface area (Å²) in [5.41, 5.74) is 6.51. The van der Waals surface area contributed by atoms with Crippen LogP contribution in [-0.4, -0.2) is 22.3 Å². The van der Waals surface area contributed by atoms with Crippen molar-refractivity contribution in [2.45, 2.75) is 52.6 Å². The molecule has 5 heteroatoms. The van der Waals surface area contributed by atoms with Crippen LogP contribution in [-0.2, 0) is 24.2 Å². The van der Waals surface area contributed by atoms with Crippen LogP contribution in [0, 0.1) is 13.8 Å². The molecule has 1 N–H and O–H groups in total. The van der Waals surface area contributed by atoms with E-state index in [-0.39, 0.29) is 11.9 Å². The van der Waals surface area contributed by atoms with Crippen LogP contribution in [0.15, 0.2) is 48.5 Å². The molecule has 1 atom stereocenters. The molecule has 4 rings (SSSR count). The maximum Gasteiger partial charge on any atom is 0.225 e. The second kappa shape index (κ2) is 8.74. The molecule has 2 heterocycles. The van der Waals surface area contributed by atoms with Gasteiger partial charge in [-0.1, -0.05) is 42.5 Å². The highest BCUT2D eigenvalue weighted by atomic mass is 16.5. The van der Waals surface area contributed by atoms with E-state index >= 15 is 0 Å². The first-order valence-corrected chi connectivity index (χ1v) is 10.6. The molecule has 0 saturated heterocycles. The fourth-order valence-electron chi connectivity index (χ4n) is 4.09. The summed E-state index contributed by atoms with van der Waals surface area (Å²) in [5.74, 6) is 0.988. The van der Waals surface area contributed by atoms with Crippen molar-refractivity contribution in [3.8, 4) is 5.75 Å². The van der Waals surface area contributed by atoms with Gasteiger partial charge in [-0.2, -0.15) is 5.10 Å². The summed E-state index contributed by atoms with van der Waals surface area (Å²) in [6, 6.07) is 16.4. The Morgan fingerprint density at radius 1 is 1.20 bits per heavy atom. The number of hydrogen-bond donors (Lipinski definition) is 1. The van der Waals surface area contributed by atoms with Gasteiger partial charge in [0.2, 0.25) is 5.91 Å². The third-order valence-electron chi connectivity index (χ3n) is 5.85. The molecule has 1 amide bonds. The molecule has 0 bridgehead atoms. The molecular weight excluding hydrogens is 374 g/mol. The molecule has 1 aromatic heterocycles. The molecule has 0 spiro atoms. The van der Waals surface area contributed by atoms with Crippen LogP contribution in [0.25, 0.3) is 0 Å². The van der Waals surface area contributed by atoms with Gasteiger partial charge in [0.05, 0.1) is 31.3 Å². The molecule has 30 heavy (non-hydrogen) atoms. The van der Waals surface area contributed by atoms with Crippen molar-refractivity contribution in [2.75, 3.05) is 6.61 Å². The lowest BCUT2D eigenvalue weighted by molar-refractivity contribution is -0.121. The topological polar surface area (TPSA) is 56.2 Å². The zero-order chi connectivity index (χ0) is 21.1. The number of benzene rings is 2. The molecule has 0 aliphatic carbocycles. The van der Waals surface area contributed by atoms with Gasteiger partial charge in [0.15, 0.2) is 0 Å². The fraction of sp³-hybridized carbons (Fsp3) is 0.360. The van der Waals surface area contributed by atoms with E-state index in [0.717, 1.165) is 47.7 Å². The van der Waals surface area contributed by atoms with Crippen LogP contribution >= 0.6 is 0 Å². The average Bonchev–Trinajstić information content (AvgIpc) is 3.01. The largest absolute Gasteiger partial charge is 0.493 e. The lowest BCUT2D eigenvalue weighted by Crippen LogP contribution is -2.28. The lowest BCUT2D eigenvalue weighted by atomic mass is 10.00. The Balaban J connectivity index is 1.42. The van der Waals surface area contributed by atoms with E-state index in [2.05, 4.69) is 28.6 Å². The monoisotopic (exact) mass is 403 g/mol. The molecule has 1 aliphatic rings. The number of ether oxygens (including phenoxy) is 1. The first-order chi connectivity index (χ1) is 14.5. The number of aryl methyl sites for hydroxylation is 2. The SMILES string of the molecule is Cc1nn(Cc2ccccc2)c(C)c1CC(=O)N[C@@H](C)c1ccc2c(c1)CCCO2. The van der Waals surface area contributed by atoms with Crippen LogP contribution in [0.4, 0.5) is 0 Å². The standard InChI is InChI=1S/C25H29N3O2/c1-17(21-11-12-24-22(14-21)10-7-13-30-24)26-25(29)15-23-18(2)27-28(19(23)3)16-20-8-5-4-6-9-20/h4-6,8-9,11-12,14,17H,7,10,13,15-16H2,1-3H3,(H,26,29)/t17-/m0/s1. The predicted molar refractivity (Wildman–Crippen MR) is 118 cm³/mol. The van der Waals surface area contributed by atoms with Gasteiger partial charge in [0.25, 0.3) is 0 Å². The third-order valence-corrected chi connectivity index (χ3v) is 5.85. The Labute approximate surface area is 178 Å². The fourth-order valence-corrected chi connectivity index (χ4v) is 4.09. The van der Waals surface area contributed by atoms with Crippen molar-refractivity contribution in [1.82, 2.24) is 15.1 Å². The molecule has 0 saturated carbocycles. The maximum absolute atomic E-state index is 12.8. The minimum atomic E-state index is -0.0512. The third kappa shape index (κ3) is 4.40. The van der Waals surface area contributed by atoms with Gasteiger partial charge in [-0.3, -0.25) is 9.48 Å². The van der Waals surface area contributed by atoms with Crippen molar-refractivity contribution in [2.24, 2.45) is 0 Å². The Morgan fingerprint density at radius 2 is 2.00 bits per heavy atom. The summed E-state index contributed by atoms with van der Waals surface area (Å²) >= 11 is 0. The highest BCUT2D eigenvalue weighted by molar-refractivity contribution is 5.79. The Bertz CT molecular complexity index is 1040. The number of nitrogens with zero attached hydrogens (tertiary/aromatic N) is 2. The van der Waals surface area contributed by atoms with Crippen LogP contribution in [0.1, 0.15) is 53.0 Å². The molecule has 0 fully saturated rings. The summed E-state index contributed by atoms with van der Waals surface area (Å²) in [5, 5.41) is 7.81. The highest BCUT2D eigenvalue weighted by Gasteiger charge is 2.18. The van der Waals surface area contributed by atoms with Gasteiger partial charge in [0.1, 0.15) is 5.75 Å². The van der Waals surface area contributed by atoms with E-state index in [1.807, 2.05) is 55.8 Å². The second-order valence-electron chi connectivity index (χ2n) is 8.08. The smallest absolute Gasteiger partial charge is 0.225 e. The summed E-state index contributed by atoms with van der Waals surface area (Å²) < 4.78 is 7.68. The molecule has 0 radical (unpaired) electrons. The van der Waals surface area contributed by atoms with E-state index in [4.69, 9.17) is 4.74 Å². The van der Waals surface area contributed by atoms with E-state index < -0.39 is 0 Å². The lowest BCUT2D eigenvalue weighted by Gasteiger charge is -2.20. The van der Waals surface area contributed by atoms with Crippen LogP contribution in [0.3, 0.4) is 0 Å². The van der Waals surface area contributed by atoms with Crippen LogP contribution in [0.2, 0.25) is 0 Å². The number of rotatable bonds is 6. The highest BCUT2D eigenvalue weighted by Crippen LogP contribution is 2.28. The van der Waals surface area contributed by atoms with Crippen molar-refractivity contribution in [1.29, 1.82) is 0 Å². The van der Waals surface area contributed by atoms with Crippen molar-refractivity contribution >= 4 is 5.91 Å². The normalized spacial score (nSPS) is 14.0. The Morgan fingerprint density at radius 3 is 2.80 bits per heavy atom. The van der Waals surface area contributed by atoms with Gasteiger partial charge in [-0.25, -0.2) is 0 Å². The van der Waals surface area contributed by atoms with Gasteiger partial charge in [-0.05, 0) is 56.4 Å². The number of carbonyl (C=O) groups excluding carboxylic acids is 1. The number of aromatic nitrogens is 2. The average molecular weight is 404 g/mol. The number of hydrogen-bond acceptors (Lipinski definition) is 3. The number of amides is 1. The summed E-state index contributed by atoms with van der Waals surface area (Å²) in [6.45, 7) is 7.54. The number of nitrogens with one attached hydrogen (secondary N) is 1. The zero-order valence-electron chi connectivity index (χ0n) is 17.9. The van der Waals surface area contributed by atoms with Crippen molar-refractivity contribution in [3.63, 3.8) is 0 Å². The van der Waals surface area contributed by atoms with E-state index in [1.165, 1.54) is 11.1 Å². The van der Waals surface area contributed by atoms with Gasteiger partial charge in [-0.15, -0.1) is 0 Å². The maximum atomic E-state index is 12.8. The first-order valence-electron chi connectivity index (χ1n) is 10.6. The quantitative estimate of drug-likeness (QED) is 0.668. The first kappa shape index (κ1) is 20.2. The Hall–Kier alpha value is -3.08. The minimum absolute atomic E-state index is 0.0157. The predicted octanol–water partition coefficient (Wildman–Crippen LogP) is 4.29. The number of fused-ring (bicyclic) bond motifs is 1. The molecular formula is C25H29N3O2. The minimum Gasteiger partial charge on any atom is -0.493 e. The Kier molecular flexibility index (Phi) is 5.88. The second-order valence-corrected chi connectivity index (χ2v) is 8.08.